The monoisotopic (exact) mass is 144 g/mol. The van der Waals surface area contributed by atoms with Crippen molar-refractivity contribution in [1.82, 2.24) is 4.90 Å². The number of hydrogen-bond donors (Lipinski definition) is 1. The van der Waals surface area contributed by atoms with Gasteiger partial charge in [0.2, 0.25) is 0 Å². The molecule has 0 atom stereocenters. The van der Waals surface area contributed by atoms with Crippen LogP contribution in [-0.2, 0) is 0 Å². The number of thioether (sulfide) groups is 1. The van der Waals surface area contributed by atoms with Crippen LogP contribution in [0, 0.1) is 5.41 Å². The fourth-order valence-electron chi connectivity index (χ4n) is 1.60. The minimum Gasteiger partial charge on any atom is -0.318 e. The minimum atomic E-state index is 0.726. The molecule has 52 valence electrons. The van der Waals surface area contributed by atoms with Gasteiger partial charge in [-0.15, -0.1) is 0 Å². The summed E-state index contributed by atoms with van der Waals surface area (Å²) in [6, 6.07) is 0. The normalized spacial score (nSPS) is 31.7. The second kappa shape index (κ2) is 1.87. The van der Waals surface area contributed by atoms with Gasteiger partial charge in [0, 0.05) is 36.7 Å². The molecule has 2 fully saturated rings. The zero-order chi connectivity index (χ0) is 6.32. The molecular formula is C6H12N2S. The van der Waals surface area contributed by atoms with Crippen LogP contribution in [0.25, 0.3) is 0 Å². The Kier molecular flexibility index (Phi) is 1.25. The van der Waals surface area contributed by atoms with Crippen LogP contribution in [0.3, 0.4) is 0 Å². The molecule has 2 saturated heterocycles. The summed E-state index contributed by atoms with van der Waals surface area (Å²) >= 11 is 2.06. The van der Waals surface area contributed by atoms with Gasteiger partial charge in [0.15, 0.2) is 0 Å². The van der Waals surface area contributed by atoms with Crippen molar-refractivity contribution < 1.29 is 0 Å². The summed E-state index contributed by atoms with van der Waals surface area (Å²) in [6.07, 6.45) is 0. The zero-order valence-electron chi connectivity index (χ0n) is 5.47. The predicted octanol–water partition coefficient (Wildman–Crippen LogP) is -0.0486. The smallest absolute Gasteiger partial charge is 0.0455 e. The van der Waals surface area contributed by atoms with Crippen LogP contribution in [0.4, 0.5) is 0 Å². The van der Waals surface area contributed by atoms with E-state index in [9.17, 15) is 0 Å². The molecule has 2 aliphatic rings. The highest BCUT2D eigenvalue weighted by Crippen LogP contribution is 2.44. The van der Waals surface area contributed by atoms with Crippen LogP contribution in [0.2, 0.25) is 0 Å². The van der Waals surface area contributed by atoms with Gasteiger partial charge >= 0.3 is 0 Å². The largest absolute Gasteiger partial charge is 0.318 e. The molecule has 9 heavy (non-hydrogen) atoms. The third kappa shape index (κ3) is 0.791. The molecule has 2 heterocycles. The first-order valence-corrected chi connectivity index (χ1v) is 4.50. The van der Waals surface area contributed by atoms with Gasteiger partial charge in [-0.1, -0.05) is 0 Å². The van der Waals surface area contributed by atoms with E-state index >= 15 is 0 Å². The number of rotatable bonds is 1. The molecule has 1 spiro atoms. The van der Waals surface area contributed by atoms with Crippen LogP contribution < -0.4 is 5.73 Å². The summed E-state index contributed by atoms with van der Waals surface area (Å²) < 4.78 is 0. The fourth-order valence-corrected chi connectivity index (χ4v) is 2.75. The lowest BCUT2D eigenvalue weighted by molar-refractivity contribution is 0.0327. The summed E-state index contributed by atoms with van der Waals surface area (Å²) in [5.41, 5.74) is 6.18. The van der Waals surface area contributed by atoms with Crippen molar-refractivity contribution in [3.8, 4) is 0 Å². The minimum absolute atomic E-state index is 0.726. The highest BCUT2D eigenvalue weighted by Gasteiger charge is 2.47. The Morgan fingerprint density at radius 2 is 2.11 bits per heavy atom. The van der Waals surface area contributed by atoms with E-state index in [1.165, 1.54) is 24.6 Å². The topological polar surface area (TPSA) is 29.3 Å². The van der Waals surface area contributed by atoms with E-state index in [0.717, 1.165) is 12.1 Å². The van der Waals surface area contributed by atoms with Crippen molar-refractivity contribution in [2.24, 2.45) is 11.1 Å². The third-order valence-electron chi connectivity index (χ3n) is 2.19. The molecule has 2 rings (SSSR count). The molecule has 2 nitrogen and oxygen atoms in total. The molecule has 0 unspecified atom stereocenters. The van der Waals surface area contributed by atoms with Gasteiger partial charge in [0.25, 0.3) is 0 Å². The molecule has 0 radical (unpaired) electrons. The maximum absolute atomic E-state index is 5.45. The van der Waals surface area contributed by atoms with Gasteiger partial charge in [-0.25, -0.2) is 0 Å². The SMILES string of the molecule is NCN1CC2(CSC2)C1. The fraction of sp³-hybridized carbons (Fsp3) is 1.00. The van der Waals surface area contributed by atoms with Crippen molar-refractivity contribution in [2.45, 2.75) is 0 Å². The summed E-state index contributed by atoms with van der Waals surface area (Å²) in [4.78, 5) is 2.31. The Labute approximate surface area is 59.8 Å². The number of hydrogen-bond acceptors (Lipinski definition) is 3. The van der Waals surface area contributed by atoms with Crippen molar-refractivity contribution in [3.05, 3.63) is 0 Å². The van der Waals surface area contributed by atoms with E-state index in [1.54, 1.807) is 0 Å². The standard InChI is InChI=1S/C6H12N2S/c7-5-8-1-6(2-8)3-9-4-6/h1-5,7H2. The molecule has 0 aliphatic carbocycles. The molecule has 0 amide bonds. The number of likely N-dealkylation sites (tertiary alicyclic amines) is 1. The summed E-state index contributed by atoms with van der Waals surface area (Å²) in [7, 11) is 0. The van der Waals surface area contributed by atoms with E-state index < -0.39 is 0 Å². The first-order valence-electron chi connectivity index (χ1n) is 3.35. The van der Waals surface area contributed by atoms with E-state index in [1.807, 2.05) is 0 Å². The lowest BCUT2D eigenvalue weighted by atomic mass is 9.83. The zero-order valence-corrected chi connectivity index (χ0v) is 6.28. The third-order valence-corrected chi connectivity index (χ3v) is 3.83. The van der Waals surface area contributed by atoms with Crippen LogP contribution in [0.5, 0.6) is 0 Å². The van der Waals surface area contributed by atoms with Crippen molar-refractivity contribution in [2.75, 3.05) is 31.3 Å². The van der Waals surface area contributed by atoms with E-state index in [0.29, 0.717) is 0 Å². The van der Waals surface area contributed by atoms with Gasteiger partial charge in [0.1, 0.15) is 0 Å². The maximum atomic E-state index is 5.45. The summed E-state index contributed by atoms with van der Waals surface area (Å²) in [6.45, 7) is 3.28. The molecular weight excluding hydrogens is 132 g/mol. The van der Waals surface area contributed by atoms with Gasteiger partial charge < -0.3 is 5.73 Å². The Morgan fingerprint density at radius 3 is 2.44 bits per heavy atom. The molecule has 0 aromatic rings. The molecule has 0 aromatic heterocycles. The molecule has 2 aliphatic heterocycles. The van der Waals surface area contributed by atoms with Gasteiger partial charge in [-0.05, 0) is 0 Å². The van der Waals surface area contributed by atoms with Crippen LogP contribution in [0.1, 0.15) is 0 Å². The Morgan fingerprint density at radius 1 is 1.44 bits per heavy atom. The number of nitrogens with zero attached hydrogens (tertiary/aromatic N) is 1. The first kappa shape index (κ1) is 6.01. The Bertz CT molecular complexity index is 114. The highest BCUT2D eigenvalue weighted by atomic mass is 32.2. The highest BCUT2D eigenvalue weighted by molar-refractivity contribution is 8.00. The lowest BCUT2D eigenvalue weighted by Gasteiger charge is -2.55. The van der Waals surface area contributed by atoms with Crippen molar-refractivity contribution in [3.63, 3.8) is 0 Å². The Hall–Kier alpha value is 0.270. The van der Waals surface area contributed by atoms with Gasteiger partial charge in [-0.2, -0.15) is 11.8 Å². The van der Waals surface area contributed by atoms with E-state index in [2.05, 4.69) is 16.7 Å². The average molecular weight is 144 g/mol. The predicted molar refractivity (Wildman–Crippen MR) is 40.4 cm³/mol. The molecule has 3 heteroatoms. The second-order valence-corrected chi connectivity index (χ2v) is 4.15. The van der Waals surface area contributed by atoms with E-state index in [4.69, 9.17) is 5.73 Å². The maximum Gasteiger partial charge on any atom is 0.0455 e. The van der Waals surface area contributed by atoms with Crippen LogP contribution >= 0.6 is 11.8 Å². The molecule has 2 N–H and O–H groups in total. The van der Waals surface area contributed by atoms with Crippen LogP contribution in [0.15, 0.2) is 0 Å². The first-order chi connectivity index (χ1) is 4.35. The van der Waals surface area contributed by atoms with Gasteiger partial charge in [0.05, 0.1) is 0 Å². The number of nitrogens with two attached hydrogens (primary N) is 1. The summed E-state index contributed by atoms with van der Waals surface area (Å²) in [5, 5.41) is 0. The van der Waals surface area contributed by atoms with Crippen molar-refractivity contribution in [1.29, 1.82) is 0 Å². The molecule has 0 aromatic carbocycles. The lowest BCUT2D eigenvalue weighted by Crippen LogP contribution is -2.63. The molecule has 0 bridgehead atoms. The average Bonchev–Trinajstić information content (AvgIpc) is 1.59. The second-order valence-electron chi connectivity index (χ2n) is 3.16. The summed E-state index contributed by atoms with van der Waals surface area (Å²) in [5.74, 6) is 2.76. The van der Waals surface area contributed by atoms with Crippen molar-refractivity contribution >= 4 is 11.8 Å². The van der Waals surface area contributed by atoms with Gasteiger partial charge in [-0.3, -0.25) is 4.90 Å². The van der Waals surface area contributed by atoms with E-state index in [-0.39, 0.29) is 0 Å². The Balaban J connectivity index is 1.82. The molecule has 0 saturated carbocycles. The quantitative estimate of drug-likeness (QED) is 0.559. The van der Waals surface area contributed by atoms with Crippen LogP contribution in [-0.4, -0.2) is 36.2 Å².